The van der Waals surface area contributed by atoms with Gasteiger partial charge in [-0.3, -0.25) is 4.79 Å². The molecule has 1 aromatic heterocycles. The molecular formula is C10H7BrFNO. The number of hydrogen-bond acceptors (Lipinski definition) is 1. The molecule has 14 heavy (non-hydrogen) atoms. The molecule has 0 saturated carbocycles. The zero-order chi connectivity index (χ0) is 10.1. The zero-order valence-corrected chi connectivity index (χ0v) is 8.71. The first-order valence-electron chi connectivity index (χ1n) is 4.08. The molecule has 0 radical (unpaired) electrons. The van der Waals surface area contributed by atoms with E-state index in [0.29, 0.717) is 5.56 Å². The van der Waals surface area contributed by atoms with E-state index in [2.05, 4.69) is 20.9 Å². The Hall–Kier alpha value is -1.16. The van der Waals surface area contributed by atoms with E-state index in [-0.39, 0.29) is 0 Å². The Morgan fingerprint density at radius 2 is 2.14 bits per heavy atom. The van der Waals surface area contributed by atoms with Crippen molar-refractivity contribution < 1.29 is 9.18 Å². The van der Waals surface area contributed by atoms with Crippen LogP contribution in [0.25, 0.3) is 10.9 Å². The number of H-pyrrole nitrogens is 1. The maximum atomic E-state index is 12.7. The van der Waals surface area contributed by atoms with Gasteiger partial charge in [0.15, 0.2) is 0 Å². The third-order valence-electron chi connectivity index (χ3n) is 2.05. The summed E-state index contributed by atoms with van der Waals surface area (Å²) in [4.78, 5) is 14.3. The molecule has 4 heteroatoms. The molecule has 0 bridgehead atoms. The molecule has 0 amide bonds. The van der Waals surface area contributed by atoms with E-state index in [1.165, 1.54) is 6.20 Å². The predicted octanol–water partition coefficient (Wildman–Crippen LogP) is 3.04. The maximum Gasteiger partial charge on any atom is 0.217 e. The monoisotopic (exact) mass is 255 g/mol. The summed E-state index contributed by atoms with van der Waals surface area (Å²) in [5.74, 6) is -0.553. The Morgan fingerprint density at radius 3 is 2.86 bits per heavy atom. The fourth-order valence-electron chi connectivity index (χ4n) is 1.39. The summed E-state index contributed by atoms with van der Waals surface area (Å²) in [6.07, 6.45) is 1.53. The molecule has 1 N–H and O–H groups in total. The summed E-state index contributed by atoms with van der Waals surface area (Å²) in [5, 5.41) is -0.888. The highest BCUT2D eigenvalue weighted by Gasteiger charge is 2.18. The second kappa shape index (κ2) is 3.53. The minimum Gasteiger partial charge on any atom is -0.360 e. The Labute approximate surface area is 88.2 Å². The molecule has 72 valence electrons. The highest BCUT2D eigenvalue weighted by atomic mass is 79.9. The van der Waals surface area contributed by atoms with Gasteiger partial charge in [-0.05, 0) is 22.0 Å². The topological polar surface area (TPSA) is 32.9 Å². The second-order valence-corrected chi connectivity index (χ2v) is 3.72. The summed E-state index contributed by atoms with van der Waals surface area (Å²) in [6, 6.07) is 7.30. The molecule has 0 saturated heterocycles. The fourth-order valence-corrected chi connectivity index (χ4v) is 1.64. The van der Waals surface area contributed by atoms with E-state index in [4.69, 9.17) is 0 Å². The van der Waals surface area contributed by atoms with Crippen molar-refractivity contribution in [3.63, 3.8) is 0 Å². The zero-order valence-electron chi connectivity index (χ0n) is 7.13. The molecule has 0 aliphatic heterocycles. The van der Waals surface area contributed by atoms with Gasteiger partial charge in [0.2, 0.25) is 10.9 Å². The van der Waals surface area contributed by atoms with Gasteiger partial charge in [-0.15, -0.1) is 0 Å². The first kappa shape index (κ1) is 9.40. The third-order valence-corrected chi connectivity index (χ3v) is 2.47. The van der Waals surface area contributed by atoms with Gasteiger partial charge in [-0.25, -0.2) is 4.39 Å². The van der Waals surface area contributed by atoms with Crippen LogP contribution in [-0.2, 0) is 0 Å². The van der Waals surface area contributed by atoms with Crippen molar-refractivity contribution in [3.05, 3.63) is 36.0 Å². The number of halogens is 2. The van der Waals surface area contributed by atoms with Crippen LogP contribution in [0.3, 0.4) is 0 Å². The van der Waals surface area contributed by atoms with Crippen LogP contribution in [-0.4, -0.2) is 15.8 Å². The van der Waals surface area contributed by atoms with Gasteiger partial charge < -0.3 is 4.98 Å². The minimum atomic E-state index is -1.64. The van der Waals surface area contributed by atoms with Gasteiger partial charge in [0.1, 0.15) is 0 Å². The molecule has 1 atom stereocenters. The average molecular weight is 256 g/mol. The van der Waals surface area contributed by atoms with Gasteiger partial charge >= 0.3 is 0 Å². The molecule has 2 rings (SSSR count). The van der Waals surface area contributed by atoms with Crippen molar-refractivity contribution in [1.29, 1.82) is 0 Å². The van der Waals surface area contributed by atoms with E-state index >= 15 is 0 Å². The highest BCUT2D eigenvalue weighted by molar-refractivity contribution is 9.09. The lowest BCUT2D eigenvalue weighted by Crippen LogP contribution is -2.07. The molecule has 1 aromatic carbocycles. The van der Waals surface area contributed by atoms with Crippen LogP contribution >= 0.6 is 15.9 Å². The number of para-hydroxylation sites is 1. The summed E-state index contributed by atoms with van der Waals surface area (Å²) < 4.78 is 12.7. The SMILES string of the molecule is O=C(c1c[nH]c2ccccc12)C(F)Br. The van der Waals surface area contributed by atoms with Gasteiger partial charge in [0, 0.05) is 22.7 Å². The number of carbonyl (C=O) groups is 1. The summed E-state index contributed by atoms with van der Waals surface area (Å²) >= 11 is 2.62. The van der Waals surface area contributed by atoms with Gasteiger partial charge in [0.25, 0.3) is 0 Å². The number of aromatic amines is 1. The second-order valence-electron chi connectivity index (χ2n) is 2.91. The van der Waals surface area contributed by atoms with Gasteiger partial charge in [-0.1, -0.05) is 18.2 Å². The van der Waals surface area contributed by atoms with Crippen molar-refractivity contribution >= 4 is 32.6 Å². The summed E-state index contributed by atoms with van der Waals surface area (Å²) in [6.45, 7) is 0. The van der Waals surface area contributed by atoms with E-state index in [1.54, 1.807) is 6.07 Å². The van der Waals surface area contributed by atoms with Gasteiger partial charge in [-0.2, -0.15) is 0 Å². The lowest BCUT2D eigenvalue weighted by atomic mass is 10.1. The van der Waals surface area contributed by atoms with Gasteiger partial charge in [0.05, 0.1) is 0 Å². The lowest BCUT2D eigenvalue weighted by molar-refractivity contribution is 0.0944. The Morgan fingerprint density at radius 1 is 1.43 bits per heavy atom. The molecule has 1 unspecified atom stereocenters. The number of Topliss-reactive ketones (excluding diaryl/α,β-unsaturated/α-hetero) is 1. The standard InChI is InChI=1S/C10H7BrFNO/c11-10(12)9(14)7-5-13-8-4-2-1-3-6(7)8/h1-5,10,13H. The molecule has 0 fully saturated rings. The minimum absolute atomic E-state index is 0.380. The van der Waals surface area contributed by atoms with Crippen molar-refractivity contribution in [1.82, 2.24) is 4.98 Å². The molecule has 2 nitrogen and oxygen atoms in total. The van der Waals surface area contributed by atoms with Crippen molar-refractivity contribution in [2.24, 2.45) is 0 Å². The normalized spacial score (nSPS) is 13.0. The molecular weight excluding hydrogens is 249 g/mol. The molecule has 0 spiro atoms. The fraction of sp³-hybridized carbons (Fsp3) is 0.100. The summed E-state index contributed by atoms with van der Waals surface area (Å²) in [5.41, 5.74) is 1.22. The molecule has 0 aliphatic carbocycles. The molecule has 1 heterocycles. The van der Waals surface area contributed by atoms with Crippen molar-refractivity contribution in [3.8, 4) is 0 Å². The van der Waals surface area contributed by atoms with Crippen LogP contribution < -0.4 is 0 Å². The lowest BCUT2D eigenvalue weighted by Gasteiger charge is -1.97. The van der Waals surface area contributed by atoms with Crippen molar-refractivity contribution in [2.75, 3.05) is 0 Å². The number of aromatic nitrogens is 1. The number of rotatable bonds is 2. The smallest absolute Gasteiger partial charge is 0.217 e. The molecule has 0 aliphatic rings. The number of nitrogens with one attached hydrogen (secondary N) is 1. The molecule has 2 aromatic rings. The number of ketones is 1. The summed E-state index contributed by atoms with van der Waals surface area (Å²) in [7, 11) is 0. The third kappa shape index (κ3) is 1.46. The Balaban J connectivity index is 2.58. The van der Waals surface area contributed by atoms with E-state index < -0.39 is 10.9 Å². The highest BCUT2D eigenvalue weighted by Crippen LogP contribution is 2.21. The van der Waals surface area contributed by atoms with Crippen LogP contribution in [0, 0.1) is 0 Å². The first-order valence-corrected chi connectivity index (χ1v) is 5.00. The first-order chi connectivity index (χ1) is 6.70. The number of carbonyl (C=O) groups excluding carboxylic acids is 1. The van der Waals surface area contributed by atoms with E-state index in [0.717, 1.165) is 10.9 Å². The maximum absolute atomic E-state index is 12.7. The van der Waals surface area contributed by atoms with E-state index in [1.807, 2.05) is 18.2 Å². The number of fused-ring (bicyclic) bond motifs is 1. The quantitative estimate of drug-likeness (QED) is 0.650. The van der Waals surface area contributed by atoms with Crippen molar-refractivity contribution in [2.45, 2.75) is 5.08 Å². The number of benzene rings is 1. The van der Waals surface area contributed by atoms with Crippen LogP contribution in [0.5, 0.6) is 0 Å². The average Bonchev–Trinajstić information content (AvgIpc) is 2.60. The van der Waals surface area contributed by atoms with E-state index in [9.17, 15) is 9.18 Å². The van der Waals surface area contributed by atoms with Crippen LogP contribution in [0.2, 0.25) is 0 Å². The Kier molecular flexibility index (Phi) is 2.37. The van der Waals surface area contributed by atoms with Crippen LogP contribution in [0.15, 0.2) is 30.5 Å². The van der Waals surface area contributed by atoms with Crippen LogP contribution in [0.1, 0.15) is 10.4 Å². The predicted molar refractivity (Wildman–Crippen MR) is 56.5 cm³/mol. The van der Waals surface area contributed by atoms with Crippen LogP contribution in [0.4, 0.5) is 4.39 Å². The number of hydrogen-bond donors (Lipinski definition) is 1. The largest absolute Gasteiger partial charge is 0.360 e. The number of alkyl halides is 2. The Bertz CT molecular complexity index is 478.